The molecular formula is C16H19FN2O2. The van der Waals surface area contributed by atoms with Crippen molar-refractivity contribution in [3.63, 3.8) is 0 Å². The van der Waals surface area contributed by atoms with E-state index in [9.17, 15) is 14.0 Å². The lowest BCUT2D eigenvalue weighted by atomic mass is 9.93. The number of amides is 2. The third-order valence-electron chi connectivity index (χ3n) is 4.40. The summed E-state index contributed by atoms with van der Waals surface area (Å²) in [6, 6.07) is 5.64. The molecule has 1 saturated carbocycles. The average molecular weight is 290 g/mol. The number of halogens is 1. The van der Waals surface area contributed by atoms with Crippen LogP contribution in [-0.2, 0) is 16.1 Å². The van der Waals surface area contributed by atoms with Gasteiger partial charge in [-0.05, 0) is 50.3 Å². The average Bonchev–Trinajstić information content (AvgIpc) is 3.26. The van der Waals surface area contributed by atoms with Crippen molar-refractivity contribution in [2.75, 3.05) is 0 Å². The number of hydrogen-bond donors (Lipinski definition) is 1. The first-order chi connectivity index (χ1) is 9.89. The Kier molecular flexibility index (Phi) is 3.23. The summed E-state index contributed by atoms with van der Waals surface area (Å²) in [5.41, 5.74) is -0.0706. The molecule has 21 heavy (non-hydrogen) atoms. The fourth-order valence-electron chi connectivity index (χ4n) is 2.74. The van der Waals surface area contributed by atoms with Crippen molar-refractivity contribution >= 4 is 11.8 Å². The Hall–Kier alpha value is -1.91. The fourth-order valence-corrected chi connectivity index (χ4v) is 2.74. The molecule has 1 heterocycles. The predicted octanol–water partition coefficient (Wildman–Crippen LogP) is 1.84. The van der Waals surface area contributed by atoms with Gasteiger partial charge in [0.05, 0.1) is 0 Å². The van der Waals surface area contributed by atoms with Crippen molar-refractivity contribution in [3.05, 3.63) is 35.6 Å². The minimum absolute atomic E-state index is 0.0357. The Morgan fingerprint density at radius 3 is 2.43 bits per heavy atom. The molecule has 0 bridgehead atoms. The van der Waals surface area contributed by atoms with Crippen LogP contribution >= 0.6 is 0 Å². The predicted molar refractivity (Wildman–Crippen MR) is 75.7 cm³/mol. The van der Waals surface area contributed by atoms with E-state index in [0.29, 0.717) is 6.54 Å². The molecule has 0 aromatic heterocycles. The molecule has 3 rings (SSSR count). The Morgan fingerprint density at radius 1 is 1.24 bits per heavy atom. The van der Waals surface area contributed by atoms with Gasteiger partial charge in [-0.2, -0.15) is 0 Å². The van der Waals surface area contributed by atoms with Crippen LogP contribution in [0.4, 0.5) is 4.39 Å². The normalized spacial score (nSPS) is 24.9. The van der Waals surface area contributed by atoms with E-state index in [1.807, 2.05) is 0 Å². The molecule has 1 atom stereocenters. The minimum atomic E-state index is -0.892. The molecule has 1 aromatic carbocycles. The van der Waals surface area contributed by atoms with E-state index in [2.05, 4.69) is 5.32 Å². The van der Waals surface area contributed by atoms with Gasteiger partial charge in [0.25, 0.3) is 0 Å². The molecule has 1 N–H and O–H groups in total. The molecule has 2 aliphatic rings. The van der Waals surface area contributed by atoms with Crippen LogP contribution in [0.25, 0.3) is 0 Å². The first kappa shape index (κ1) is 14.0. The van der Waals surface area contributed by atoms with Gasteiger partial charge in [0.1, 0.15) is 17.4 Å². The zero-order valence-corrected chi connectivity index (χ0v) is 12.2. The second-order valence-corrected chi connectivity index (χ2v) is 6.40. The Labute approximate surface area is 123 Å². The highest BCUT2D eigenvalue weighted by atomic mass is 19.1. The quantitative estimate of drug-likeness (QED) is 0.923. The van der Waals surface area contributed by atoms with Gasteiger partial charge in [-0.25, -0.2) is 4.39 Å². The summed E-state index contributed by atoms with van der Waals surface area (Å²) in [7, 11) is 0. The van der Waals surface area contributed by atoms with Gasteiger partial charge >= 0.3 is 0 Å². The number of carbonyl (C=O) groups is 2. The molecule has 2 fully saturated rings. The van der Waals surface area contributed by atoms with Crippen LogP contribution in [0.3, 0.4) is 0 Å². The maximum atomic E-state index is 13.0. The van der Waals surface area contributed by atoms with E-state index < -0.39 is 11.6 Å². The molecular weight excluding hydrogens is 271 g/mol. The van der Waals surface area contributed by atoms with Gasteiger partial charge < -0.3 is 10.2 Å². The number of benzene rings is 1. The summed E-state index contributed by atoms with van der Waals surface area (Å²) in [6.45, 7) is 3.81. The molecule has 0 radical (unpaired) electrons. The Balaban J connectivity index is 1.86. The van der Waals surface area contributed by atoms with Crippen molar-refractivity contribution in [2.45, 2.75) is 44.8 Å². The topological polar surface area (TPSA) is 49.4 Å². The molecule has 1 aliphatic carbocycles. The van der Waals surface area contributed by atoms with E-state index in [0.717, 1.165) is 18.4 Å². The van der Waals surface area contributed by atoms with Gasteiger partial charge in [0.15, 0.2) is 0 Å². The molecule has 1 aliphatic heterocycles. The Morgan fingerprint density at radius 2 is 1.86 bits per heavy atom. The van der Waals surface area contributed by atoms with Crippen LogP contribution in [0.15, 0.2) is 24.3 Å². The third kappa shape index (κ3) is 2.52. The SMILES string of the molecule is CC1(C)C(=O)NC(C2CC2)C(=O)N1Cc1ccc(F)cc1. The molecule has 1 aromatic rings. The van der Waals surface area contributed by atoms with Crippen molar-refractivity contribution in [1.82, 2.24) is 10.2 Å². The summed E-state index contributed by atoms with van der Waals surface area (Å²) < 4.78 is 13.0. The molecule has 0 spiro atoms. The van der Waals surface area contributed by atoms with Crippen LogP contribution < -0.4 is 5.32 Å². The summed E-state index contributed by atoms with van der Waals surface area (Å²) in [5.74, 6) is -0.197. The van der Waals surface area contributed by atoms with Crippen molar-refractivity contribution < 1.29 is 14.0 Å². The van der Waals surface area contributed by atoms with Gasteiger partial charge in [0, 0.05) is 6.54 Å². The molecule has 1 unspecified atom stereocenters. The largest absolute Gasteiger partial charge is 0.342 e. The zero-order chi connectivity index (χ0) is 15.2. The third-order valence-corrected chi connectivity index (χ3v) is 4.40. The summed E-state index contributed by atoms with van der Waals surface area (Å²) in [6.07, 6.45) is 1.98. The fraction of sp³-hybridized carbons (Fsp3) is 0.500. The number of rotatable bonds is 3. The highest BCUT2D eigenvalue weighted by Gasteiger charge is 2.50. The summed E-state index contributed by atoms with van der Waals surface area (Å²) >= 11 is 0. The van der Waals surface area contributed by atoms with Gasteiger partial charge in [-0.3, -0.25) is 9.59 Å². The van der Waals surface area contributed by atoms with Crippen molar-refractivity contribution in [3.8, 4) is 0 Å². The first-order valence-electron chi connectivity index (χ1n) is 7.26. The van der Waals surface area contributed by atoms with Crippen LogP contribution in [0.5, 0.6) is 0 Å². The van der Waals surface area contributed by atoms with E-state index in [4.69, 9.17) is 0 Å². The number of hydrogen-bond acceptors (Lipinski definition) is 2. The van der Waals surface area contributed by atoms with Gasteiger partial charge in [-0.15, -0.1) is 0 Å². The highest BCUT2D eigenvalue weighted by molar-refractivity contribution is 5.99. The number of piperazine rings is 1. The van der Waals surface area contributed by atoms with Crippen LogP contribution in [0.1, 0.15) is 32.3 Å². The van der Waals surface area contributed by atoms with Crippen molar-refractivity contribution in [2.24, 2.45) is 5.92 Å². The number of carbonyl (C=O) groups excluding carboxylic acids is 2. The van der Waals surface area contributed by atoms with E-state index in [1.54, 1.807) is 30.9 Å². The number of nitrogens with one attached hydrogen (secondary N) is 1. The Bertz CT molecular complexity index is 578. The van der Waals surface area contributed by atoms with Crippen molar-refractivity contribution in [1.29, 1.82) is 0 Å². The van der Waals surface area contributed by atoms with E-state index in [1.165, 1.54) is 12.1 Å². The second kappa shape index (κ2) is 4.83. The van der Waals surface area contributed by atoms with E-state index in [-0.39, 0.29) is 23.5 Å². The standard InChI is InChI=1S/C16H19FN2O2/c1-16(2)15(21)18-13(11-5-6-11)14(20)19(16)9-10-3-7-12(17)8-4-10/h3-4,7-8,11,13H,5-6,9H2,1-2H3,(H,18,21). The molecule has 112 valence electrons. The summed E-state index contributed by atoms with van der Waals surface area (Å²) in [5, 5.41) is 2.85. The lowest BCUT2D eigenvalue weighted by Crippen LogP contribution is -2.68. The smallest absolute Gasteiger partial charge is 0.246 e. The molecule has 2 amide bonds. The second-order valence-electron chi connectivity index (χ2n) is 6.40. The molecule has 5 heteroatoms. The summed E-state index contributed by atoms with van der Waals surface area (Å²) in [4.78, 5) is 26.6. The number of nitrogens with zero attached hydrogens (tertiary/aromatic N) is 1. The maximum absolute atomic E-state index is 13.0. The molecule has 1 saturated heterocycles. The lowest BCUT2D eigenvalue weighted by molar-refractivity contribution is -0.156. The van der Waals surface area contributed by atoms with Gasteiger partial charge in [-0.1, -0.05) is 12.1 Å². The molecule has 4 nitrogen and oxygen atoms in total. The highest BCUT2D eigenvalue weighted by Crippen LogP contribution is 2.37. The first-order valence-corrected chi connectivity index (χ1v) is 7.26. The zero-order valence-electron chi connectivity index (χ0n) is 12.2. The van der Waals surface area contributed by atoms with E-state index >= 15 is 0 Å². The van der Waals surface area contributed by atoms with Crippen LogP contribution in [-0.4, -0.2) is 28.3 Å². The lowest BCUT2D eigenvalue weighted by Gasteiger charge is -2.44. The van der Waals surface area contributed by atoms with Gasteiger partial charge in [0.2, 0.25) is 11.8 Å². The van der Waals surface area contributed by atoms with Crippen LogP contribution in [0.2, 0.25) is 0 Å². The monoisotopic (exact) mass is 290 g/mol. The minimum Gasteiger partial charge on any atom is -0.342 e. The maximum Gasteiger partial charge on any atom is 0.246 e. The van der Waals surface area contributed by atoms with Crippen LogP contribution in [0, 0.1) is 11.7 Å².